The van der Waals surface area contributed by atoms with E-state index in [1.54, 1.807) is 55.6 Å². The molecule has 5 N–H and O–H groups in total. The molecule has 0 amide bonds. The molecule has 0 aliphatic rings. The van der Waals surface area contributed by atoms with Crippen LogP contribution in [-0.2, 0) is 10.1 Å². The van der Waals surface area contributed by atoms with E-state index in [-0.39, 0.29) is 41.2 Å². The third kappa shape index (κ3) is 10.2. The molecule has 0 saturated heterocycles. The number of carbonyl (C=O) groups is 2. The Bertz CT molecular complexity index is 2130. The van der Waals surface area contributed by atoms with E-state index >= 15 is 0 Å². The fraction of sp³-hybridized carbons (Fsp3) is 0.0938. The third-order valence-electron chi connectivity index (χ3n) is 6.63. The summed E-state index contributed by atoms with van der Waals surface area (Å²) in [7, 11) is -2.68. The molecule has 4 aromatic carbocycles. The van der Waals surface area contributed by atoms with Gasteiger partial charge in [0, 0.05) is 25.0 Å². The molecule has 0 fully saturated rings. The summed E-state index contributed by atoms with van der Waals surface area (Å²) in [6, 6.07) is 26.2. The van der Waals surface area contributed by atoms with Crippen LogP contribution >= 0.6 is 0 Å². The summed E-state index contributed by atoms with van der Waals surface area (Å²) < 4.78 is 31.9. The minimum absolute atomic E-state index is 0.0478. The van der Waals surface area contributed by atoms with Gasteiger partial charge in [0.1, 0.15) is 0 Å². The number of benzene rings is 4. The lowest BCUT2D eigenvalue weighted by Gasteiger charge is -2.18. The van der Waals surface area contributed by atoms with Crippen LogP contribution in [0, 0.1) is 0 Å². The van der Waals surface area contributed by atoms with E-state index in [1.807, 2.05) is 30.3 Å². The Morgan fingerprint density at radius 3 is 1.54 bits per heavy atom. The number of azo groups is 2. The van der Waals surface area contributed by atoms with Crippen molar-refractivity contribution in [3.05, 3.63) is 108 Å². The zero-order valence-corrected chi connectivity index (χ0v) is 26.9. The van der Waals surface area contributed by atoms with Crippen LogP contribution < -0.4 is 15.5 Å². The van der Waals surface area contributed by atoms with Gasteiger partial charge in [0.2, 0.25) is 17.8 Å². The quantitative estimate of drug-likeness (QED) is 0.0586. The van der Waals surface area contributed by atoms with Gasteiger partial charge < -0.3 is 25.7 Å². The first-order valence-electron chi connectivity index (χ1n) is 14.6. The van der Waals surface area contributed by atoms with Crippen LogP contribution in [0.25, 0.3) is 0 Å². The first kappa shape index (κ1) is 34.7. The molecule has 0 saturated carbocycles. The molecule has 0 aliphatic heterocycles. The van der Waals surface area contributed by atoms with Crippen LogP contribution in [0.4, 0.5) is 52.0 Å². The van der Waals surface area contributed by atoms with E-state index in [0.717, 1.165) is 6.07 Å². The Morgan fingerprint density at radius 1 is 0.660 bits per heavy atom. The third-order valence-corrected chi connectivity index (χ3v) is 7.32. The van der Waals surface area contributed by atoms with Crippen LogP contribution in [0.2, 0.25) is 0 Å². The highest BCUT2D eigenvalue weighted by Crippen LogP contribution is 2.26. The van der Waals surface area contributed by atoms with Gasteiger partial charge in [-0.15, -0.1) is 0 Å². The number of hydrogen-bond donors (Lipinski definition) is 5. The first-order chi connectivity index (χ1) is 23.9. The van der Waals surface area contributed by atoms with E-state index in [9.17, 15) is 32.8 Å². The molecule has 0 unspecified atom stereocenters. The van der Waals surface area contributed by atoms with Crippen molar-refractivity contribution < 1.29 is 32.8 Å². The number of aromatic carboxylic acids is 2. The summed E-state index contributed by atoms with van der Waals surface area (Å²) >= 11 is 0. The van der Waals surface area contributed by atoms with Crippen molar-refractivity contribution in [2.75, 3.05) is 34.9 Å². The highest BCUT2D eigenvalue weighted by molar-refractivity contribution is 7.85. The number of carboxylic acid groups (broad SMARTS) is 2. The molecular weight excluding hydrogens is 668 g/mol. The number of nitrogens with one attached hydrogen (secondary N) is 2. The molecule has 17 nitrogen and oxygen atoms in total. The highest BCUT2D eigenvalue weighted by atomic mass is 32.2. The average Bonchev–Trinajstić information content (AvgIpc) is 3.10. The van der Waals surface area contributed by atoms with Gasteiger partial charge in [0.05, 0.1) is 39.6 Å². The zero-order chi connectivity index (χ0) is 35.7. The molecule has 254 valence electrons. The summed E-state index contributed by atoms with van der Waals surface area (Å²) in [5, 5.41) is 41.2. The average molecular weight is 697 g/mol. The zero-order valence-electron chi connectivity index (χ0n) is 26.1. The molecule has 0 bridgehead atoms. The summed E-state index contributed by atoms with van der Waals surface area (Å²) in [4.78, 5) is 37.4. The smallest absolute Gasteiger partial charge is 0.335 e. The van der Waals surface area contributed by atoms with Crippen molar-refractivity contribution >= 4 is 74.0 Å². The number of nitrogens with zero attached hydrogens (tertiary/aromatic N) is 8. The van der Waals surface area contributed by atoms with Crippen molar-refractivity contribution in [2.24, 2.45) is 20.5 Å². The number of hydrogen-bond acceptors (Lipinski definition) is 14. The van der Waals surface area contributed by atoms with Crippen LogP contribution in [0.5, 0.6) is 0 Å². The van der Waals surface area contributed by atoms with Gasteiger partial charge >= 0.3 is 11.9 Å². The molecule has 5 rings (SSSR count). The van der Waals surface area contributed by atoms with E-state index in [1.165, 1.54) is 17.0 Å². The van der Waals surface area contributed by atoms with Gasteiger partial charge in [0.25, 0.3) is 10.1 Å². The Labute approximate surface area is 284 Å². The predicted octanol–water partition coefficient (Wildman–Crippen LogP) is 6.91. The predicted molar refractivity (Wildman–Crippen MR) is 184 cm³/mol. The molecule has 50 heavy (non-hydrogen) atoms. The van der Waals surface area contributed by atoms with Crippen LogP contribution in [-0.4, -0.2) is 69.4 Å². The lowest BCUT2D eigenvalue weighted by molar-refractivity contribution is 0.0696. The number of rotatable bonds is 14. The molecular formula is C32H28N10O7S. The van der Waals surface area contributed by atoms with Gasteiger partial charge in [-0.1, -0.05) is 18.2 Å². The fourth-order valence-corrected chi connectivity index (χ4v) is 4.63. The second-order valence-corrected chi connectivity index (χ2v) is 12.0. The van der Waals surface area contributed by atoms with Crippen LogP contribution in [0.1, 0.15) is 20.7 Å². The summed E-state index contributed by atoms with van der Waals surface area (Å²) in [5.74, 6) is -2.81. The molecule has 5 aromatic rings. The number of carboxylic acids is 2. The van der Waals surface area contributed by atoms with Gasteiger partial charge in [0.15, 0.2) is 0 Å². The Balaban J connectivity index is 1.34. The Morgan fingerprint density at radius 2 is 1.10 bits per heavy atom. The lowest BCUT2D eigenvalue weighted by atomic mass is 10.1. The lowest BCUT2D eigenvalue weighted by Crippen LogP contribution is -2.27. The van der Waals surface area contributed by atoms with Gasteiger partial charge in [-0.05, 0) is 78.9 Å². The molecule has 1 heterocycles. The molecule has 0 aliphatic carbocycles. The maximum absolute atomic E-state index is 11.4. The largest absolute Gasteiger partial charge is 0.478 e. The topological polar surface area (TPSA) is 244 Å². The van der Waals surface area contributed by atoms with E-state index in [4.69, 9.17) is 0 Å². The second-order valence-electron chi connectivity index (χ2n) is 10.4. The Kier molecular flexibility index (Phi) is 10.7. The van der Waals surface area contributed by atoms with Gasteiger partial charge in [-0.3, -0.25) is 4.55 Å². The van der Waals surface area contributed by atoms with Crippen molar-refractivity contribution in [2.45, 2.75) is 0 Å². The minimum Gasteiger partial charge on any atom is -0.478 e. The highest BCUT2D eigenvalue weighted by Gasteiger charge is 2.15. The second kappa shape index (κ2) is 15.5. The standard InChI is InChI=1S/C32H28N10O7S/c1-42(15-16-50(47,48)49)32-36-30(33-22-7-11-25(12-8-22)39-38-24-5-3-2-4-6-24)35-31(37-32)34-23-9-13-26(14-10-23)40-41-27-18-20(28(43)44)17-21(19-27)29(45)46/h2-14,17-19H,15-16H2,1H3,(H,43,44)(H,45,46)(H,47,48,49)(H2,33,34,35,36,37)/b39-38+,41-40+. The monoisotopic (exact) mass is 696 g/mol. The SMILES string of the molecule is CN(CCS(=O)(=O)O)c1nc(Nc2ccc(/N=N/c3ccccc3)cc2)nc(Nc2ccc(/N=N/c3cc(C(=O)O)cc(C(=O)O)c3)cc2)n1. The molecule has 0 spiro atoms. The van der Waals surface area contributed by atoms with E-state index in [2.05, 4.69) is 46.0 Å². The fourth-order valence-electron chi connectivity index (χ4n) is 4.12. The summed E-state index contributed by atoms with van der Waals surface area (Å²) in [5.41, 5.74) is 2.42. The molecule has 0 radical (unpaired) electrons. The Hall–Kier alpha value is -6.66. The summed E-state index contributed by atoms with van der Waals surface area (Å²) in [6.07, 6.45) is 0. The van der Waals surface area contributed by atoms with Gasteiger partial charge in [-0.25, -0.2) is 9.59 Å². The molecule has 18 heteroatoms. The van der Waals surface area contributed by atoms with Gasteiger partial charge in [-0.2, -0.15) is 43.8 Å². The number of aromatic nitrogens is 3. The van der Waals surface area contributed by atoms with E-state index < -0.39 is 27.8 Å². The van der Waals surface area contributed by atoms with Crippen LogP contribution in [0.15, 0.2) is 118 Å². The summed E-state index contributed by atoms with van der Waals surface area (Å²) in [6.45, 7) is -0.105. The number of anilines is 5. The maximum Gasteiger partial charge on any atom is 0.335 e. The van der Waals surface area contributed by atoms with Crippen molar-refractivity contribution in [1.29, 1.82) is 0 Å². The minimum atomic E-state index is -4.24. The first-order valence-corrected chi connectivity index (χ1v) is 16.2. The maximum atomic E-state index is 11.4. The van der Waals surface area contributed by atoms with Crippen LogP contribution in [0.3, 0.4) is 0 Å². The normalized spacial score (nSPS) is 11.5. The molecule has 1 aromatic heterocycles. The van der Waals surface area contributed by atoms with Crippen molar-refractivity contribution in [1.82, 2.24) is 15.0 Å². The van der Waals surface area contributed by atoms with Crippen molar-refractivity contribution in [3.63, 3.8) is 0 Å². The van der Waals surface area contributed by atoms with Crippen molar-refractivity contribution in [3.8, 4) is 0 Å². The van der Waals surface area contributed by atoms with E-state index in [0.29, 0.717) is 28.4 Å². The molecule has 0 atom stereocenters.